The van der Waals surface area contributed by atoms with Crippen molar-refractivity contribution >= 4 is 11.7 Å². The predicted molar refractivity (Wildman–Crippen MR) is 56.3 cm³/mol. The molecule has 76 valence electrons. The fourth-order valence-electron chi connectivity index (χ4n) is 1.18. The minimum Gasteiger partial charge on any atom is -0.370 e. The molecule has 0 aliphatic rings. The molecule has 0 saturated carbocycles. The van der Waals surface area contributed by atoms with Crippen LogP contribution in [0.15, 0.2) is 12.1 Å². The molecule has 0 bridgehead atoms. The van der Waals surface area contributed by atoms with E-state index in [4.69, 9.17) is 5.73 Å². The van der Waals surface area contributed by atoms with Gasteiger partial charge in [0.1, 0.15) is 5.82 Å². The predicted octanol–water partition coefficient (Wildman–Crippen LogP) is 1.17. The summed E-state index contributed by atoms with van der Waals surface area (Å²) in [6.07, 6.45) is 0.791. The highest BCUT2D eigenvalue weighted by atomic mass is 16.1. The highest BCUT2D eigenvalue weighted by Crippen LogP contribution is 2.10. The summed E-state index contributed by atoms with van der Waals surface area (Å²) in [4.78, 5) is 15.3. The number of aryl methyl sites for hydroxylation is 1. The minimum atomic E-state index is -0.416. The maximum absolute atomic E-state index is 11.0. The molecule has 4 nitrogen and oxygen atoms in total. The lowest BCUT2D eigenvalue weighted by molar-refractivity contribution is 0.1000. The molecule has 0 spiro atoms. The zero-order valence-electron chi connectivity index (χ0n) is 8.50. The number of amides is 1. The van der Waals surface area contributed by atoms with Gasteiger partial charge in [-0.3, -0.25) is 4.79 Å². The average Bonchev–Trinajstić information content (AvgIpc) is 2.17. The highest BCUT2D eigenvalue weighted by molar-refractivity contribution is 5.93. The first kappa shape index (κ1) is 10.5. The van der Waals surface area contributed by atoms with Crippen molar-refractivity contribution in [1.29, 1.82) is 0 Å². The van der Waals surface area contributed by atoms with Crippen LogP contribution in [0.2, 0.25) is 0 Å². The SMILES string of the molecule is CCNc1cc(C(N)=O)cc(CC)n1. The van der Waals surface area contributed by atoms with Gasteiger partial charge in [-0.1, -0.05) is 6.92 Å². The zero-order valence-corrected chi connectivity index (χ0v) is 8.50. The molecule has 0 radical (unpaired) electrons. The van der Waals surface area contributed by atoms with Crippen molar-refractivity contribution < 1.29 is 4.79 Å². The van der Waals surface area contributed by atoms with Crippen LogP contribution < -0.4 is 11.1 Å². The first-order valence-corrected chi connectivity index (χ1v) is 4.72. The lowest BCUT2D eigenvalue weighted by Gasteiger charge is -2.06. The van der Waals surface area contributed by atoms with Gasteiger partial charge in [0.05, 0.1) is 0 Å². The van der Waals surface area contributed by atoms with Crippen LogP contribution in [0.1, 0.15) is 29.9 Å². The number of pyridine rings is 1. The summed E-state index contributed by atoms with van der Waals surface area (Å²) in [7, 11) is 0. The maximum Gasteiger partial charge on any atom is 0.248 e. The Balaban J connectivity index is 3.06. The number of nitrogens with zero attached hydrogens (tertiary/aromatic N) is 1. The van der Waals surface area contributed by atoms with Crippen molar-refractivity contribution in [2.45, 2.75) is 20.3 Å². The van der Waals surface area contributed by atoms with Crippen LogP contribution >= 0.6 is 0 Å². The summed E-state index contributed by atoms with van der Waals surface area (Å²) in [5.41, 5.74) is 6.59. The van der Waals surface area contributed by atoms with E-state index in [1.807, 2.05) is 13.8 Å². The largest absolute Gasteiger partial charge is 0.370 e. The van der Waals surface area contributed by atoms with E-state index in [2.05, 4.69) is 10.3 Å². The van der Waals surface area contributed by atoms with E-state index < -0.39 is 5.91 Å². The Hall–Kier alpha value is -1.58. The fourth-order valence-corrected chi connectivity index (χ4v) is 1.18. The summed E-state index contributed by atoms with van der Waals surface area (Å²) in [5, 5.41) is 3.06. The third-order valence-electron chi connectivity index (χ3n) is 1.88. The van der Waals surface area contributed by atoms with Gasteiger partial charge in [-0.2, -0.15) is 0 Å². The van der Waals surface area contributed by atoms with Crippen molar-refractivity contribution in [3.63, 3.8) is 0 Å². The van der Waals surface area contributed by atoms with Crippen molar-refractivity contribution in [2.24, 2.45) is 5.73 Å². The highest BCUT2D eigenvalue weighted by Gasteiger charge is 2.05. The van der Waals surface area contributed by atoms with Crippen LogP contribution in [0.25, 0.3) is 0 Å². The van der Waals surface area contributed by atoms with Crippen molar-refractivity contribution in [3.05, 3.63) is 23.4 Å². The van der Waals surface area contributed by atoms with E-state index in [-0.39, 0.29) is 0 Å². The Morgan fingerprint density at radius 2 is 2.21 bits per heavy atom. The number of hydrogen-bond donors (Lipinski definition) is 2. The number of rotatable bonds is 4. The van der Waals surface area contributed by atoms with Crippen LogP contribution in [0.4, 0.5) is 5.82 Å². The molecule has 1 rings (SSSR count). The van der Waals surface area contributed by atoms with E-state index in [0.29, 0.717) is 11.4 Å². The second kappa shape index (κ2) is 4.60. The molecule has 0 unspecified atom stereocenters. The molecule has 0 aromatic carbocycles. The third-order valence-corrected chi connectivity index (χ3v) is 1.88. The summed E-state index contributed by atoms with van der Waals surface area (Å²) in [6, 6.07) is 3.40. The molecule has 0 aliphatic carbocycles. The number of nitrogens with two attached hydrogens (primary N) is 1. The van der Waals surface area contributed by atoms with Gasteiger partial charge < -0.3 is 11.1 Å². The Bertz CT molecular complexity index is 336. The van der Waals surface area contributed by atoms with Crippen molar-refractivity contribution in [3.8, 4) is 0 Å². The van der Waals surface area contributed by atoms with Crippen molar-refractivity contribution in [2.75, 3.05) is 11.9 Å². The smallest absolute Gasteiger partial charge is 0.248 e. The van der Waals surface area contributed by atoms with E-state index in [0.717, 1.165) is 18.7 Å². The number of primary amides is 1. The lowest BCUT2D eigenvalue weighted by Crippen LogP contribution is -2.13. The number of nitrogens with one attached hydrogen (secondary N) is 1. The van der Waals surface area contributed by atoms with Gasteiger partial charge in [0.2, 0.25) is 5.91 Å². The number of hydrogen-bond acceptors (Lipinski definition) is 3. The van der Waals surface area contributed by atoms with Gasteiger partial charge in [-0.25, -0.2) is 4.98 Å². The summed E-state index contributed by atoms with van der Waals surface area (Å²) in [6.45, 7) is 4.74. The van der Waals surface area contributed by atoms with E-state index in [1.165, 1.54) is 0 Å². The molecule has 1 heterocycles. The van der Waals surface area contributed by atoms with Crippen LogP contribution in [-0.2, 0) is 6.42 Å². The fraction of sp³-hybridized carbons (Fsp3) is 0.400. The van der Waals surface area contributed by atoms with Crippen LogP contribution in [0.3, 0.4) is 0 Å². The van der Waals surface area contributed by atoms with Gasteiger partial charge in [0, 0.05) is 17.8 Å². The Morgan fingerprint density at radius 3 is 2.71 bits per heavy atom. The number of carbonyl (C=O) groups is 1. The van der Waals surface area contributed by atoms with Gasteiger partial charge in [0.15, 0.2) is 0 Å². The number of carbonyl (C=O) groups excluding carboxylic acids is 1. The second-order valence-electron chi connectivity index (χ2n) is 2.98. The Labute approximate surface area is 83.5 Å². The Morgan fingerprint density at radius 1 is 1.50 bits per heavy atom. The van der Waals surface area contributed by atoms with Gasteiger partial charge in [0.25, 0.3) is 0 Å². The van der Waals surface area contributed by atoms with E-state index >= 15 is 0 Å². The molecule has 1 aromatic heterocycles. The molecule has 0 fully saturated rings. The molecule has 4 heteroatoms. The summed E-state index contributed by atoms with van der Waals surface area (Å²) in [5.74, 6) is 0.293. The van der Waals surface area contributed by atoms with Gasteiger partial charge >= 0.3 is 0 Å². The number of anilines is 1. The average molecular weight is 193 g/mol. The molecular formula is C10H15N3O. The summed E-state index contributed by atoms with van der Waals surface area (Å²) < 4.78 is 0. The van der Waals surface area contributed by atoms with Crippen LogP contribution in [0.5, 0.6) is 0 Å². The standard InChI is InChI=1S/C10H15N3O/c1-3-8-5-7(10(11)14)6-9(13-8)12-4-2/h5-6H,3-4H2,1-2H3,(H2,11,14)(H,12,13). The number of aromatic nitrogens is 1. The van der Waals surface area contributed by atoms with Gasteiger partial charge in [-0.15, -0.1) is 0 Å². The molecule has 0 atom stereocenters. The third kappa shape index (κ3) is 2.45. The molecule has 0 saturated heterocycles. The minimum absolute atomic E-state index is 0.416. The molecule has 1 aromatic rings. The molecular weight excluding hydrogens is 178 g/mol. The zero-order chi connectivity index (χ0) is 10.6. The lowest BCUT2D eigenvalue weighted by atomic mass is 10.2. The van der Waals surface area contributed by atoms with Gasteiger partial charge in [-0.05, 0) is 25.5 Å². The second-order valence-corrected chi connectivity index (χ2v) is 2.98. The monoisotopic (exact) mass is 193 g/mol. The van der Waals surface area contributed by atoms with E-state index in [1.54, 1.807) is 12.1 Å². The van der Waals surface area contributed by atoms with Crippen LogP contribution in [0, 0.1) is 0 Å². The van der Waals surface area contributed by atoms with Crippen LogP contribution in [-0.4, -0.2) is 17.4 Å². The normalized spacial score (nSPS) is 9.86. The molecule has 0 aliphatic heterocycles. The topological polar surface area (TPSA) is 68.0 Å². The Kier molecular flexibility index (Phi) is 3.45. The summed E-state index contributed by atoms with van der Waals surface area (Å²) >= 11 is 0. The van der Waals surface area contributed by atoms with E-state index in [9.17, 15) is 4.79 Å². The maximum atomic E-state index is 11.0. The molecule has 14 heavy (non-hydrogen) atoms. The van der Waals surface area contributed by atoms with Crippen molar-refractivity contribution in [1.82, 2.24) is 4.98 Å². The first-order valence-electron chi connectivity index (χ1n) is 4.72. The quantitative estimate of drug-likeness (QED) is 0.754. The first-order chi connectivity index (χ1) is 6.67. The molecule has 3 N–H and O–H groups in total. The molecule has 1 amide bonds.